The third-order valence-electron chi connectivity index (χ3n) is 6.37. The van der Waals surface area contributed by atoms with Crippen molar-refractivity contribution in [1.82, 2.24) is 20.9 Å². The molecule has 3 atom stereocenters. The summed E-state index contributed by atoms with van der Waals surface area (Å²) in [6, 6.07) is 18.3. The van der Waals surface area contributed by atoms with Crippen LogP contribution in [0.3, 0.4) is 0 Å². The number of nitrogens with two attached hydrogens (primary N) is 1. The van der Waals surface area contributed by atoms with Crippen molar-refractivity contribution in [3.63, 3.8) is 0 Å². The summed E-state index contributed by atoms with van der Waals surface area (Å²) in [6.45, 7) is 1.00. The van der Waals surface area contributed by atoms with Crippen molar-refractivity contribution in [3.05, 3.63) is 72.4 Å². The number of carbonyl (C=O) groups excluding carboxylic acids is 3. The molecule has 1 aliphatic heterocycles. The molecular formula is C27H32N6O3. The lowest BCUT2D eigenvalue weighted by Gasteiger charge is -2.21. The molecule has 0 aliphatic carbocycles. The lowest BCUT2D eigenvalue weighted by molar-refractivity contribution is -0.127. The van der Waals surface area contributed by atoms with Crippen LogP contribution in [-0.2, 0) is 20.8 Å². The summed E-state index contributed by atoms with van der Waals surface area (Å²) in [7, 11) is 0. The molecule has 188 valence electrons. The van der Waals surface area contributed by atoms with E-state index in [1.807, 2.05) is 60.7 Å². The number of benzene rings is 2. The summed E-state index contributed by atoms with van der Waals surface area (Å²) in [5.74, 6) is -0.617. The molecule has 0 saturated carbocycles. The van der Waals surface area contributed by atoms with Crippen molar-refractivity contribution in [1.29, 1.82) is 0 Å². The molecule has 9 heteroatoms. The maximum absolute atomic E-state index is 13.3. The Balaban J connectivity index is 1.40. The summed E-state index contributed by atoms with van der Waals surface area (Å²) in [5, 5.41) is 12.7. The molecule has 36 heavy (non-hydrogen) atoms. The zero-order valence-electron chi connectivity index (χ0n) is 20.1. The van der Waals surface area contributed by atoms with Gasteiger partial charge in [0.2, 0.25) is 17.7 Å². The zero-order chi connectivity index (χ0) is 25.3. The summed E-state index contributed by atoms with van der Waals surface area (Å²) in [6.07, 6.45) is 3.28. The second kappa shape index (κ2) is 12.2. The number of nitrogens with zero attached hydrogens (tertiary/aromatic N) is 1. The van der Waals surface area contributed by atoms with Gasteiger partial charge in [-0.1, -0.05) is 48.5 Å². The van der Waals surface area contributed by atoms with Gasteiger partial charge >= 0.3 is 0 Å². The minimum Gasteiger partial charge on any atom is -0.355 e. The smallest absolute Gasteiger partial charge is 0.247 e. The molecule has 2 heterocycles. The summed E-state index contributed by atoms with van der Waals surface area (Å²) in [5.41, 5.74) is 7.84. The van der Waals surface area contributed by atoms with E-state index in [9.17, 15) is 14.4 Å². The van der Waals surface area contributed by atoms with Crippen LogP contribution in [0.5, 0.6) is 0 Å². The number of aryl methyl sites for hydroxylation is 1. The number of aromatic nitrogens is 1. The molecule has 3 aromatic rings. The number of hydrogen-bond donors (Lipinski definition) is 5. The molecule has 3 amide bonds. The van der Waals surface area contributed by atoms with Gasteiger partial charge in [0.15, 0.2) is 0 Å². The number of para-hydroxylation sites is 1. The topological polar surface area (TPSA) is 138 Å². The molecule has 1 fully saturated rings. The van der Waals surface area contributed by atoms with E-state index in [-0.39, 0.29) is 30.2 Å². The predicted octanol–water partition coefficient (Wildman–Crippen LogP) is 1.34. The number of nitrogens with one attached hydrogen (secondary N) is 4. The van der Waals surface area contributed by atoms with Crippen LogP contribution in [-0.4, -0.2) is 54.4 Å². The Morgan fingerprint density at radius 1 is 1.08 bits per heavy atom. The second-order valence-electron chi connectivity index (χ2n) is 9.06. The lowest BCUT2D eigenvalue weighted by Crippen LogP contribution is -2.50. The van der Waals surface area contributed by atoms with Gasteiger partial charge < -0.3 is 27.0 Å². The minimum atomic E-state index is -0.720. The van der Waals surface area contributed by atoms with Crippen molar-refractivity contribution in [3.8, 4) is 0 Å². The monoisotopic (exact) mass is 488 g/mol. The molecule has 9 nitrogen and oxygen atoms in total. The highest BCUT2D eigenvalue weighted by Crippen LogP contribution is 2.18. The van der Waals surface area contributed by atoms with Gasteiger partial charge in [0.05, 0.1) is 30.0 Å². The first-order valence-electron chi connectivity index (χ1n) is 12.2. The minimum absolute atomic E-state index is 0.0605. The highest BCUT2D eigenvalue weighted by Gasteiger charge is 2.32. The quantitative estimate of drug-likeness (QED) is 0.292. The second-order valence-corrected chi connectivity index (χ2v) is 9.06. The number of amides is 3. The highest BCUT2D eigenvalue weighted by molar-refractivity contribution is 5.99. The predicted molar refractivity (Wildman–Crippen MR) is 139 cm³/mol. The van der Waals surface area contributed by atoms with Gasteiger partial charge in [-0.05, 0) is 42.9 Å². The van der Waals surface area contributed by atoms with E-state index in [0.29, 0.717) is 38.0 Å². The molecule has 0 spiro atoms. The van der Waals surface area contributed by atoms with E-state index in [4.69, 9.17) is 5.73 Å². The number of fused-ring (bicyclic) bond motifs is 1. The molecule has 2 aromatic carbocycles. The molecule has 6 N–H and O–H groups in total. The average Bonchev–Trinajstić information content (AvgIpc) is 3.39. The Morgan fingerprint density at radius 3 is 2.67 bits per heavy atom. The van der Waals surface area contributed by atoms with Gasteiger partial charge in [0.1, 0.15) is 6.04 Å². The first-order valence-corrected chi connectivity index (χ1v) is 12.2. The van der Waals surface area contributed by atoms with Gasteiger partial charge in [-0.15, -0.1) is 0 Å². The van der Waals surface area contributed by atoms with E-state index < -0.39 is 12.1 Å². The highest BCUT2D eigenvalue weighted by atomic mass is 16.2. The fourth-order valence-electron chi connectivity index (χ4n) is 4.36. The molecule has 1 saturated heterocycles. The molecule has 1 aromatic heterocycles. The van der Waals surface area contributed by atoms with E-state index in [1.54, 1.807) is 6.20 Å². The molecule has 3 unspecified atom stereocenters. The van der Waals surface area contributed by atoms with E-state index in [1.165, 1.54) is 0 Å². The van der Waals surface area contributed by atoms with Crippen molar-refractivity contribution >= 4 is 34.3 Å². The molecule has 0 radical (unpaired) electrons. The maximum Gasteiger partial charge on any atom is 0.247 e. The van der Waals surface area contributed by atoms with Crippen LogP contribution in [0, 0.1) is 5.92 Å². The van der Waals surface area contributed by atoms with Crippen LogP contribution >= 0.6 is 0 Å². The Kier molecular flexibility index (Phi) is 8.59. The Morgan fingerprint density at radius 2 is 1.86 bits per heavy atom. The van der Waals surface area contributed by atoms with Gasteiger partial charge in [-0.2, -0.15) is 0 Å². The first-order chi connectivity index (χ1) is 17.5. The summed E-state index contributed by atoms with van der Waals surface area (Å²) < 4.78 is 0. The lowest BCUT2D eigenvalue weighted by atomic mass is 10.0. The molecule has 1 aliphatic rings. The van der Waals surface area contributed by atoms with E-state index in [2.05, 4.69) is 26.3 Å². The Bertz CT molecular complexity index is 1200. The number of pyridine rings is 1. The van der Waals surface area contributed by atoms with Crippen LogP contribution in [0.25, 0.3) is 10.9 Å². The van der Waals surface area contributed by atoms with Gasteiger partial charge in [-0.25, -0.2) is 0 Å². The van der Waals surface area contributed by atoms with Crippen molar-refractivity contribution in [2.45, 2.75) is 31.3 Å². The first kappa shape index (κ1) is 25.3. The SMILES string of the molecule is NCC(=O)NCC1CNC(C(=O)NC(CCc2ccccc2)C(=O)Nc2cnc3ccccc3c2)C1. The Labute approximate surface area is 210 Å². The van der Waals surface area contributed by atoms with Crippen LogP contribution in [0.2, 0.25) is 0 Å². The largest absolute Gasteiger partial charge is 0.355 e. The van der Waals surface area contributed by atoms with Crippen LogP contribution in [0.4, 0.5) is 5.69 Å². The van der Waals surface area contributed by atoms with Crippen molar-refractivity contribution in [2.24, 2.45) is 11.7 Å². The van der Waals surface area contributed by atoms with Gasteiger partial charge in [0, 0.05) is 18.5 Å². The normalized spacial score (nSPS) is 17.9. The van der Waals surface area contributed by atoms with Crippen molar-refractivity contribution in [2.75, 3.05) is 25.0 Å². The third-order valence-corrected chi connectivity index (χ3v) is 6.37. The van der Waals surface area contributed by atoms with Crippen LogP contribution in [0.15, 0.2) is 66.9 Å². The number of anilines is 1. The maximum atomic E-state index is 13.3. The third kappa shape index (κ3) is 6.87. The number of carbonyl (C=O) groups is 3. The standard InChI is InChI=1S/C27H32N6O3/c28-14-25(34)31-16-19-12-24(29-15-19)27(36)33-23(11-10-18-6-2-1-3-7-18)26(35)32-21-13-20-8-4-5-9-22(20)30-17-21/h1-9,13,17,19,23-24,29H,10-12,14-16,28H2,(H,31,34)(H,32,35)(H,33,36). The Hall–Kier alpha value is -3.82. The molecule has 0 bridgehead atoms. The van der Waals surface area contributed by atoms with E-state index >= 15 is 0 Å². The fraction of sp³-hybridized carbons (Fsp3) is 0.333. The number of hydrogen-bond acceptors (Lipinski definition) is 6. The van der Waals surface area contributed by atoms with Crippen LogP contribution < -0.4 is 27.0 Å². The van der Waals surface area contributed by atoms with E-state index in [0.717, 1.165) is 16.5 Å². The van der Waals surface area contributed by atoms with Gasteiger partial charge in [0.25, 0.3) is 0 Å². The van der Waals surface area contributed by atoms with Crippen molar-refractivity contribution < 1.29 is 14.4 Å². The number of rotatable bonds is 10. The summed E-state index contributed by atoms with van der Waals surface area (Å²) in [4.78, 5) is 42.2. The molecule has 4 rings (SSSR count). The summed E-state index contributed by atoms with van der Waals surface area (Å²) >= 11 is 0. The molecular weight excluding hydrogens is 456 g/mol. The van der Waals surface area contributed by atoms with Gasteiger partial charge in [-0.3, -0.25) is 19.4 Å². The van der Waals surface area contributed by atoms with Crippen LogP contribution in [0.1, 0.15) is 18.4 Å². The fourth-order valence-corrected chi connectivity index (χ4v) is 4.36. The zero-order valence-corrected chi connectivity index (χ0v) is 20.1. The average molecular weight is 489 g/mol.